The summed E-state index contributed by atoms with van der Waals surface area (Å²) in [5.41, 5.74) is 11.2. The van der Waals surface area contributed by atoms with Gasteiger partial charge in [0.2, 0.25) is 0 Å². The first-order valence-corrected chi connectivity index (χ1v) is 8.76. The molecule has 1 aliphatic heterocycles. The maximum atomic E-state index is 12.1. The Bertz CT molecular complexity index is 1030. The molecule has 27 heavy (non-hydrogen) atoms. The number of carbonyl (C=O) groups excluding carboxylic acids is 1. The summed E-state index contributed by atoms with van der Waals surface area (Å²) in [6.07, 6.45) is 2.65. The van der Waals surface area contributed by atoms with Gasteiger partial charge in [0.1, 0.15) is 12.6 Å². The van der Waals surface area contributed by atoms with E-state index in [2.05, 4.69) is 9.98 Å². The molecule has 0 radical (unpaired) electrons. The molecule has 0 amide bonds. The lowest BCUT2D eigenvalue weighted by atomic mass is 9.92. The predicted molar refractivity (Wildman–Crippen MR) is 105 cm³/mol. The zero-order valence-corrected chi connectivity index (χ0v) is 14.7. The van der Waals surface area contributed by atoms with E-state index in [9.17, 15) is 9.90 Å². The molecular weight excluding hydrogens is 338 g/mol. The Morgan fingerprint density at radius 3 is 2.56 bits per heavy atom. The molecule has 0 aliphatic carbocycles. The number of hydrogen-bond donors (Lipinski definition) is 2. The number of pyridine rings is 1. The standard InChI is InChI=1S/C22H19N3O2/c23-10-20-19-9-15(6-7-18(19)21(26)13-25-20)16-8-17(12-24-11-16)22(27)14-4-2-1-3-5-14/h1-9,11-12,22,27H,10,13,23H2. The molecule has 1 unspecified atom stereocenters. The SMILES string of the molecule is NCC1=NCC(=O)c2ccc(-c3cncc(C(O)c4ccccc4)c3)cc21. The van der Waals surface area contributed by atoms with Crippen LogP contribution in [0.4, 0.5) is 0 Å². The van der Waals surface area contributed by atoms with E-state index in [4.69, 9.17) is 5.73 Å². The lowest BCUT2D eigenvalue weighted by Crippen LogP contribution is -2.24. The van der Waals surface area contributed by atoms with E-state index in [1.165, 1.54) is 0 Å². The van der Waals surface area contributed by atoms with Gasteiger partial charge in [0, 0.05) is 41.2 Å². The van der Waals surface area contributed by atoms with Gasteiger partial charge < -0.3 is 10.8 Å². The van der Waals surface area contributed by atoms with Crippen LogP contribution in [0.5, 0.6) is 0 Å². The van der Waals surface area contributed by atoms with Gasteiger partial charge in [-0.25, -0.2) is 0 Å². The Hall–Kier alpha value is -3.15. The zero-order chi connectivity index (χ0) is 18.8. The maximum absolute atomic E-state index is 12.1. The van der Waals surface area contributed by atoms with Crippen LogP contribution in [0, 0.1) is 0 Å². The molecule has 0 spiro atoms. The van der Waals surface area contributed by atoms with Crippen LogP contribution in [-0.2, 0) is 0 Å². The van der Waals surface area contributed by atoms with Crippen LogP contribution in [0.1, 0.15) is 33.2 Å². The summed E-state index contributed by atoms with van der Waals surface area (Å²) in [4.78, 5) is 20.7. The van der Waals surface area contributed by atoms with E-state index in [1.807, 2.05) is 54.6 Å². The molecule has 3 N–H and O–H groups in total. The highest BCUT2D eigenvalue weighted by Gasteiger charge is 2.20. The van der Waals surface area contributed by atoms with E-state index in [0.29, 0.717) is 11.1 Å². The van der Waals surface area contributed by atoms with Crippen molar-refractivity contribution in [3.63, 3.8) is 0 Å². The van der Waals surface area contributed by atoms with Gasteiger partial charge in [-0.1, -0.05) is 42.5 Å². The molecule has 0 fully saturated rings. The molecule has 1 aliphatic rings. The third-order valence-electron chi connectivity index (χ3n) is 4.76. The van der Waals surface area contributed by atoms with Gasteiger partial charge >= 0.3 is 0 Å². The summed E-state index contributed by atoms with van der Waals surface area (Å²) in [6.45, 7) is 0.438. The monoisotopic (exact) mass is 357 g/mol. The van der Waals surface area contributed by atoms with Crippen molar-refractivity contribution in [2.45, 2.75) is 6.10 Å². The molecule has 4 rings (SSSR count). The summed E-state index contributed by atoms with van der Waals surface area (Å²) in [7, 11) is 0. The van der Waals surface area contributed by atoms with Crippen molar-refractivity contribution in [2.24, 2.45) is 10.7 Å². The zero-order valence-electron chi connectivity index (χ0n) is 14.7. The molecule has 0 saturated heterocycles. The van der Waals surface area contributed by atoms with Gasteiger partial charge in [0.25, 0.3) is 0 Å². The molecule has 0 bridgehead atoms. The molecule has 0 saturated carbocycles. The van der Waals surface area contributed by atoms with Gasteiger partial charge in [-0.05, 0) is 23.3 Å². The summed E-state index contributed by atoms with van der Waals surface area (Å²) in [6, 6.07) is 17.0. The smallest absolute Gasteiger partial charge is 0.184 e. The molecule has 5 nitrogen and oxygen atoms in total. The second-order valence-electron chi connectivity index (χ2n) is 6.47. The van der Waals surface area contributed by atoms with Crippen LogP contribution in [0.2, 0.25) is 0 Å². The lowest BCUT2D eigenvalue weighted by molar-refractivity contribution is 0.1000. The Balaban J connectivity index is 1.73. The second kappa shape index (κ2) is 7.23. The minimum atomic E-state index is -0.751. The average Bonchev–Trinajstić information content (AvgIpc) is 2.74. The number of aromatic nitrogens is 1. The van der Waals surface area contributed by atoms with Crippen molar-refractivity contribution in [3.8, 4) is 11.1 Å². The van der Waals surface area contributed by atoms with E-state index in [-0.39, 0.29) is 18.9 Å². The third kappa shape index (κ3) is 3.30. The maximum Gasteiger partial charge on any atom is 0.184 e. The average molecular weight is 357 g/mol. The van der Waals surface area contributed by atoms with Crippen molar-refractivity contribution in [1.82, 2.24) is 4.98 Å². The van der Waals surface area contributed by atoms with Crippen LogP contribution in [-0.4, -0.2) is 34.7 Å². The van der Waals surface area contributed by atoms with Crippen molar-refractivity contribution in [3.05, 3.63) is 89.2 Å². The molecule has 2 heterocycles. The van der Waals surface area contributed by atoms with Crippen LogP contribution in [0.15, 0.2) is 72.0 Å². The normalized spacial score (nSPS) is 14.4. The van der Waals surface area contributed by atoms with Crippen LogP contribution >= 0.6 is 0 Å². The number of hydrogen-bond acceptors (Lipinski definition) is 5. The van der Waals surface area contributed by atoms with Crippen LogP contribution < -0.4 is 5.73 Å². The fraction of sp³-hybridized carbons (Fsp3) is 0.136. The Labute approximate surface area is 157 Å². The van der Waals surface area contributed by atoms with Gasteiger partial charge in [-0.3, -0.25) is 14.8 Å². The van der Waals surface area contributed by atoms with E-state index < -0.39 is 6.10 Å². The van der Waals surface area contributed by atoms with E-state index in [1.54, 1.807) is 12.4 Å². The first-order chi connectivity index (χ1) is 13.2. The molecule has 3 aromatic rings. The number of nitrogens with two attached hydrogens (primary N) is 1. The van der Waals surface area contributed by atoms with Crippen LogP contribution in [0.3, 0.4) is 0 Å². The Morgan fingerprint density at radius 1 is 0.963 bits per heavy atom. The first-order valence-electron chi connectivity index (χ1n) is 8.76. The largest absolute Gasteiger partial charge is 0.384 e. The minimum absolute atomic E-state index is 0.000116. The number of nitrogens with zero attached hydrogens (tertiary/aromatic N) is 2. The fourth-order valence-corrected chi connectivity index (χ4v) is 3.31. The molecule has 2 aromatic carbocycles. The summed E-state index contributed by atoms with van der Waals surface area (Å²) < 4.78 is 0. The highest BCUT2D eigenvalue weighted by atomic mass is 16.3. The number of aliphatic imine (C=N–C) groups is 1. The molecule has 5 heteroatoms. The van der Waals surface area contributed by atoms with Gasteiger partial charge in [-0.15, -0.1) is 0 Å². The summed E-state index contributed by atoms with van der Waals surface area (Å²) in [5.74, 6) is 0.000116. The molecule has 134 valence electrons. The summed E-state index contributed by atoms with van der Waals surface area (Å²) in [5, 5.41) is 10.6. The van der Waals surface area contributed by atoms with E-state index in [0.717, 1.165) is 28.0 Å². The Morgan fingerprint density at radius 2 is 1.78 bits per heavy atom. The number of carbonyl (C=O) groups is 1. The van der Waals surface area contributed by atoms with Gasteiger partial charge in [0.15, 0.2) is 5.78 Å². The Kier molecular flexibility index (Phi) is 4.62. The number of aliphatic hydroxyl groups is 1. The highest BCUT2D eigenvalue weighted by Crippen LogP contribution is 2.28. The first kappa shape index (κ1) is 17.3. The predicted octanol–water partition coefficient (Wildman–Crippen LogP) is 2.77. The van der Waals surface area contributed by atoms with Gasteiger partial charge in [-0.2, -0.15) is 0 Å². The van der Waals surface area contributed by atoms with Crippen molar-refractivity contribution in [2.75, 3.05) is 13.1 Å². The lowest BCUT2D eigenvalue weighted by Gasteiger charge is -2.17. The van der Waals surface area contributed by atoms with Crippen molar-refractivity contribution in [1.29, 1.82) is 0 Å². The third-order valence-corrected chi connectivity index (χ3v) is 4.76. The molecular formula is C22H19N3O2. The summed E-state index contributed by atoms with van der Waals surface area (Å²) >= 11 is 0. The topological polar surface area (TPSA) is 88.6 Å². The quantitative estimate of drug-likeness (QED) is 0.751. The number of fused-ring (bicyclic) bond motifs is 1. The fourth-order valence-electron chi connectivity index (χ4n) is 3.31. The van der Waals surface area contributed by atoms with Gasteiger partial charge in [0.05, 0.1) is 5.71 Å². The number of aliphatic hydroxyl groups excluding tert-OH is 1. The molecule has 1 atom stereocenters. The number of ketones is 1. The number of Topliss-reactive ketones (excluding diaryl/α,β-unsaturated/α-hetero) is 1. The van der Waals surface area contributed by atoms with Crippen molar-refractivity contribution >= 4 is 11.5 Å². The molecule has 1 aromatic heterocycles. The van der Waals surface area contributed by atoms with E-state index >= 15 is 0 Å². The number of rotatable bonds is 4. The second-order valence-corrected chi connectivity index (χ2v) is 6.47. The van der Waals surface area contributed by atoms with Crippen LogP contribution in [0.25, 0.3) is 11.1 Å². The number of benzene rings is 2. The van der Waals surface area contributed by atoms with Crippen molar-refractivity contribution < 1.29 is 9.90 Å². The highest BCUT2D eigenvalue weighted by molar-refractivity contribution is 6.16. The minimum Gasteiger partial charge on any atom is -0.384 e.